The molecule has 1 atom stereocenters. The molecule has 1 N–H and O–H groups in total. The molecule has 0 spiro atoms. The van der Waals surface area contributed by atoms with E-state index in [4.69, 9.17) is 4.74 Å². The largest absolute Gasteiger partial charge is 0.431 e. The first-order valence-electron chi connectivity index (χ1n) is 11.0. The highest BCUT2D eigenvalue weighted by Crippen LogP contribution is 2.45. The fraction of sp³-hybridized carbons (Fsp3) is 0.231. The first kappa shape index (κ1) is 21.0. The quantitative estimate of drug-likeness (QED) is 0.657. The summed E-state index contributed by atoms with van der Waals surface area (Å²) in [5.41, 5.74) is 1.38. The molecule has 2 fully saturated rings. The molecule has 5 rings (SSSR count). The van der Waals surface area contributed by atoms with Crippen LogP contribution in [-0.2, 0) is 16.9 Å². The number of nitrogens with zero attached hydrogens (tertiary/aromatic N) is 2. The number of hydrogen-bond acceptors (Lipinski definition) is 3. The zero-order valence-corrected chi connectivity index (χ0v) is 18.0. The molecule has 7 heteroatoms. The number of carbonyl (C=O) groups excluding carboxylic acids is 2. The molecule has 2 heterocycles. The van der Waals surface area contributed by atoms with Gasteiger partial charge in [0.15, 0.2) is 5.60 Å². The van der Waals surface area contributed by atoms with E-state index in [2.05, 4.69) is 5.32 Å². The second-order valence-corrected chi connectivity index (χ2v) is 8.28. The number of hydrogen-bond donors (Lipinski definition) is 1. The number of benzene rings is 3. The monoisotopic (exact) mass is 445 g/mol. The molecule has 2 aliphatic heterocycles. The van der Waals surface area contributed by atoms with Gasteiger partial charge in [-0.3, -0.25) is 4.90 Å². The Labute approximate surface area is 191 Å². The van der Waals surface area contributed by atoms with Crippen molar-refractivity contribution in [1.82, 2.24) is 15.1 Å². The lowest BCUT2D eigenvalue weighted by Gasteiger charge is -2.42. The third-order valence-electron chi connectivity index (χ3n) is 6.36. The molecule has 2 saturated heterocycles. The number of rotatable bonds is 4. The summed E-state index contributed by atoms with van der Waals surface area (Å²) in [6, 6.07) is 24.8. The van der Waals surface area contributed by atoms with Crippen molar-refractivity contribution in [3.8, 4) is 0 Å². The highest BCUT2D eigenvalue weighted by molar-refractivity contribution is 5.77. The summed E-state index contributed by atoms with van der Waals surface area (Å²) < 4.78 is 19.6. The third-order valence-corrected chi connectivity index (χ3v) is 6.36. The van der Waals surface area contributed by atoms with E-state index >= 15 is 0 Å². The van der Waals surface area contributed by atoms with E-state index in [0.717, 1.165) is 11.1 Å². The summed E-state index contributed by atoms with van der Waals surface area (Å²) in [4.78, 5) is 29.3. The molecule has 168 valence electrons. The summed E-state index contributed by atoms with van der Waals surface area (Å²) in [5, 5.41) is 2.87. The van der Waals surface area contributed by atoms with E-state index < -0.39 is 5.60 Å². The minimum absolute atomic E-state index is 0.222. The van der Waals surface area contributed by atoms with E-state index in [-0.39, 0.29) is 30.5 Å². The number of carbonyl (C=O) groups is 2. The normalized spacial score (nSPS) is 19.1. The predicted octanol–water partition coefficient (Wildman–Crippen LogP) is 4.12. The topological polar surface area (TPSA) is 61.9 Å². The Morgan fingerprint density at radius 3 is 2.27 bits per heavy atom. The van der Waals surface area contributed by atoms with Crippen LogP contribution in [0.15, 0.2) is 84.9 Å². The molecule has 3 aromatic carbocycles. The maximum Gasteiger partial charge on any atom is 0.411 e. The second-order valence-electron chi connectivity index (χ2n) is 8.28. The van der Waals surface area contributed by atoms with E-state index in [0.29, 0.717) is 25.2 Å². The van der Waals surface area contributed by atoms with Gasteiger partial charge in [-0.25, -0.2) is 14.0 Å². The van der Waals surface area contributed by atoms with Crippen molar-refractivity contribution in [2.24, 2.45) is 0 Å². The Hall–Kier alpha value is -3.87. The highest BCUT2D eigenvalue weighted by atomic mass is 19.1. The smallest absolute Gasteiger partial charge is 0.411 e. The van der Waals surface area contributed by atoms with Crippen LogP contribution in [0.2, 0.25) is 0 Å². The maximum atomic E-state index is 13.5. The van der Waals surface area contributed by atoms with Crippen molar-refractivity contribution in [3.63, 3.8) is 0 Å². The number of urea groups is 1. The Morgan fingerprint density at radius 1 is 0.970 bits per heavy atom. The van der Waals surface area contributed by atoms with Crippen molar-refractivity contribution in [2.45, 2.75) is 18.2 Å². The van der Waals surface area contributed by atoms with Gasteiger partial charge in [-0.05, 0) is 17.7 Å². The number of nitrogens with one attached hydrogen (secondary N) is 1. The van der Waals surface area contributed by atoms with E-state index in [1.165, 1.54) is 12.1 Å². The van der Waals surface area contributed by atoms with E-state index in [1.54, 1.807) is 21.9 Å². The molecule has 6 nitrogen and oxygen atoms in total. The Bertz CT molecular complexity index is 1120. The minimum Gasteiger partial charge on any atom is -0.431 e. The first-order valence-corrected chi connectivity index (χ1v) is 11.0. The Morgan fingerprint density at radius 2 is 1.64 bits per heavy atom. The van der Waals surface area contributed by atoms with Gasteiger partial charge in [-0.1, -0.05) is 72.8 Å². The molecule has 0 aliphatic carbocycles. The molecular weight excluding hydrogens is 421 g/mol. The molecule has 3 amide bonds. The van der Waals surface area contributed by atoms with Crippen molar-refractivity contribution in [2.75, 3.05) is 19.6 Å². The van der Waals surface area contributed by atoms with Crippen LogP contribution in [0.25, 0.3) is 0 Å². The van der Waals surface area contributed by atoms with E-state index in [1.807, 2.05) is 60.7 Å². The van der Waals surface area contributed by atoms with Crippen molar-refractivity contribution >= 4 is 12.1 Å². The standard InChI is InChI=1S/C26H24FN3O3/c27-22-13-7-8-19(16-22)17-28-24(31)29-14-15-30-23(18-29)26(33-25(30)32,20-9-3-1-4-10-20)21-11-5-2-6-12-21/h1-13,16,23H,14-15,17-18H2,(H,28,31). The van der Waals surface area contributed by atoms with E-state index in [9.17, 15) is 14.0 Å². The average molecular weight is 445 g/mol. The van der Waals surface area contributed by atoms with Crippen LogP contribution in [0.5, 0.6) is 0 Å². The fourth-order valence-corrected chi connectivity index (χ4v) is 4.78. The highest BCUT2D eigenvalue weighted by Gasteiger charge is 2.58. The van der Waals surface area contributed by atoms with Crippen LogP contribution in [0.3, 0.4) is 0 Å². The molecule has 0 radical (unpaired) electrons. The maximum absolute atomic E-state index is 13.5. The molecule has 0 saturated carbocycles. The number of fused-ring (bicyclic) bond motifs is 1. The van der Waals surface area contributed by atoms with Gasteiger partial charge in [0.25, 0.3) is 0 Å². The van der Waals surface area contributed by atoms with Gasteiger partial charge < -0.3 is 15.0 Å². The lowest BCUT2D eigenvalue weighted by atomic mass is 9.79. The van der Waals surface area contributed by atoms with Gasteiger partial charge in [0.1, 0.15) is 11.9 Å². The fourth-order valence-electron chi connectivity index (χ4n) is 4.78. The Kier molecular flexibility index (Phi) is 5.46. The lowest BCUT2D eigenvalue weighted by molar-refractivity contribution is 0.0511. The third kappa shape index (κ3) is 3.80. The second kappa shape index (κ2) is 8.58. The lowest BCUT2D eigenvalue weighted by Crippen LogP contribution is -2.59. The van der Waals surface area contributed by atoms with Crippen LogP contribution < -0.4 is 5.32 Å². The van der Waals surface area contributed by atoms with Crippen LogP contribution in [0.1, 0.15) is 16.7 Å². The molecule has 0 aromatic heterocycles. The van der Waals surface area contributed by atoms with Gasteiger partial charge >= 0.3 is 12.1 Å². The number of halogens is 1. The van der Waals surface area contributed by atoms with Gasteiger partial charge in [-0.15, -0.1) is 0 Å². The summed E-state index contributed by atoms with van der Waals surface area (Å²) in [7, 11) is 0. The minimum atomic E-state index is -1.03. The van der Waals surface area contributed by atoms with Gasteiger partial charge in [0, 0.05) is 37.3 Å². The van der Waals surface area contributed by atoms with Crippen LogP contribution in [0, 0.1) is 5.82 Å². The summed E-state index contributed by atoms with van der Waals surface area (Å²) in [5.74, 6) is -0.340. The molecule has 1 unspecified atom stereocenters. The number of cyclic esters (lactones) is 1. The predicted molar refractivity (Wildman–Crippen MR) is 121 cm³/mol. The summed E-state index contributed by atoms with van der Waals surface area (Å²) in [6.07, 6.45) is -0.382. The number of piperazine rings is 1. The molecule has 3 aromatic rings. The average Bonchev–Trinajstić information content (AvgIpc) is 3.16. The Balaban J connectivity index is 1.43. The van der Waals surface area contributed by atoms with Gasteiger partial charge in [0.05, 0.1) is 0 Å². The number of ether oxygens (including phenoxy) is 1. The summed E-state index contributed by atoms with van der Waals surface area (Å²) in [6.45, 7) is 1.29. The molecule has 0 bridgehead atoms. The van der Waals surface area contributed by atoms with Crippen LogP contribution >= 0.6 is 0 Å². The van der Waals surface area contributed by atoms with Crippen molar-refractivity contribution in [3.05, 3.63) is 107 Å². The van der Waals surface area contributed by atoms with Crippen LogP contribution in [0.4, 0.5) is 14.0 Å². The van der Waals surface area contributed by atoms with Crippen molar-refractivity contribution in [1.29, 1.82) is 0 Å². The summed E-state index contributed by atoms with van der Waals surface area (Å²) >= 11 is 0. The zero-order valence-electron chi connectivity index (χ0n) is 18.0. The van der Waals surface area contributed by atoms with Crippen molar-refractivity contribution < 1.29 is 18.7 Å². The molecular formula is C26H24FN3O3. The van der Waals surface area contributed by atoms with Gasteiger partial charge in [0.2, 0.25) is 0 Å². The first-order chi connectivity index (χ1) is 16.1. The van der Waals surface area contributed by atoms with Gasteiger partial charge in [-0.2, -0.15) is 0 Å². The SMILES string of the molecule is O=C(NCc1cccc(F)c1)N1CCN2C(=O)OC(c3ccccc3)(c3ccccc3)C2C1. The zero-order chi connectivity index (χ0) is 22.8. The van der Waals surface area contributed by atoms with Crippen LogP contribution in [-0.4, -0.2) is 47.6 Å². The molecule has 33 heavy (non-hydrogen) atoms. The number of amides is 3. The molecule has 2 aliphatic rings.